The zero-order chi connectivity index (χ0) is 7.98. The third kappa shape index (κ3) is 3.31. The minimum Gasteiger partial charge on any atom is -0.339 e. The Hall–Kier alpha value is -0.750. The molecule has 0 aliphatic carbocycles. The molecule has 0 bridgehead atoms. The van der Waals surface area contributed by atoms with Crippen LogP contribution in [0.3, 0.4) is 0 Å². The van der Waals surface area contributed by atoms with Gasteiger partial charge in [-0.2, -0.15) is 5.26 Å². The van der Waals surface area contributed by atoms with E-state index in [1.807, 2.05) is 13.0 Å². The van der Waals surface area contributed by atoms with Crippen LogP contribution in [0.15, 0.2) is 0 Å². The number of carbonyl (C=O) groups is 1. The highest BCUT2D eigenvalue weighted by Gasteiger charge is 2.06. The minimum absolute atomic E-state index is 0.0851. The van der Waals surface area contributed by atoms with E-state index < -0.39 is 6.04 Å². The number of amides is 1. The maximum Gasteiger partial charge on any atom is 0.235 e. The summed E-state index contributed by atoms with van der Waals surface area (Å²) >= 11 is 5.19. The number of alkyl halides is 1. The lowest BCUT2D eigenvalue weighted by Gasteiger charge is -2.05. The number of nitriles is 1. The van der Waals surface area contributed by atoms with Gasteiger partial charge in [0.05, 0.1) is 6.07 Å². The van der Waals surface area contributed by atoms with Crippen LogP contribution >= 0.6 is 11.6 Å². The van der Waals surface area contributed by atoms with E-state index in [2.05, 4.69) is 5.32 Å². The molecule has 0 aromatic heterocycles. The fourth-order valence-electron chi connectivity index (χ4n) is 0.459. The first kappa shape index (κ1) is 9.25. The molecule has 1 atom stereocenters. The standard InChI is InChI=1S/C6H9ClN2O/c1-2-5(4-8)9-6(10)3-7/h5H,2-3H2,1H3,(H,9,10). The van der Waals surface area contributed by atoms with Gasteiger partial charge in [-0.3, -0.25) is 4.79 Å². The van der Waals surface area contributed by atoms with Crippen LogP contribution in [0.4, 0.5) is 0 Å². The second-order valence-electron chi connectivity index (χ2n) is 1.79. The van der Waals surface area contributed by atoms with E-state index in [9.17, 15) is 4.79 Å². The van der Waals surface area contributed by atoms with Crippen molar-refractivity contribution in [2.24, 2.45) is 0 Å². The number of nitrogens with zero attached hydrogens (tertiary/aromatic N) is 1. The van der Waals surface area contributed by atoms with Crippen LogP contribution in [-0.4, -0.2) is 17.8 Å². The van der Waals surface area contributed by atoms with E-state index in [4.69, 9.17) is 16.9 Å². The van der Waals surface area contributed by atoms with Gasteiger partial charge in [0.15, 0.2) is 0 Å². The van der Waals surface area contributed by atoms with Crippen molar-refractivity contribution in [1.82, 2.24) is 5.32 Å². The normalized spacial score (nSPS) is 11.7. The largest absolute Gasteiger partial charge is 0.339 e. The summed E-state index contributed by atoms with van der Waals surface area (Å²) in [5.74, 6) is -0.381. The smallest absolute Gasteiger partial charge is 0.235 e. The summed E-state index contributed by atoms with van der Waals surface area (Å²) < 4.78 is 0. The van der Waals surface area contributed by atoms with Crippen molar-refractivity contribution in [2.45, 2.75) is 19.4 Å². The molecule has 3 nitrogen and oxygen atoms in total. The third-order valence-electron chi connectivity index (χ3n) is 1.02. The number of nitrogens with one attached hydrogen (secondary N) is 1. The molecular weight excluding hydrogens is 152 g/mol. The molecule has 0 radical (unpaired) electrons. The number of rotatable bonds is 3. The van der Waals surface area contributed by atoms with Crippen molar-refractivity contribution >= 4 is 17.5 Å². The molecule has 0 aromatic carbocycles. The van der Waals surface area contributed by atoms with Gasteiger partial charge in [-0.05, 0) is 6.42 Å². The molecule has 0 heterocycles. The molecular formula is C6H9ClN2O. The summed E-state index contributed by atoms with van der Waals surface area (Å²) in [7, 11) is 0. The van der Waals surface area contributed by atoms with E-state index in [-0.39, 0.29) is 11.8 Å². The zero-order valence-corrected chi connectivity index (χ0v) is 6.48. The lowest BCUT2D eigenvalue weighted by atomic mass is 10.2. The maximum absolute atomic E-state index is 10.5. The Morgan fingerprint density at radius 1 is 1.90 bits per heavy atom. The molecule has 0 aromatic rings. The monoisotopic (exact) mass is 160 g/mol. The maximum atomic E-state index is 10.5. The molecule has 0 fully saturated rings. The Kier molecular flexibility index (Phi) is 4.69. The first-order chi connectivity index (χ1) is 4.74. The molecule has 4 heteroatoms. The Balaban J connectivity index is 3.66. The molecule has 0 rings (SSSR count). The van der Waals surface area contributed by atoms with Crippen LogP contribution < -0.4 is 5.32 Å². The lowest BCUT2D eigenvalue weighted by molar-refractivity contribution is -0.119. The third-order valence-corrected chi connectivity index (χ3v) is 1.26. The van der Waals surface area contributed by atoms with Crippen molar-refractivity contribution in [3.8, 4) is 6.07 Å². The molecule has 56 valence electrons. The van der Waals surface area contributed by atoms with E-state index >= 15 is 0 Å². The summed E-state index contributed by atoms with van der Waals surface area (Å²) in [6.07, 6.45) is 0.610. The lowest BCUT2D eigenvalue weighted by Crippen LogP contribution is -2.33. The van der Waals surface area contributed by atoms with Crippen molar-refractivity contribution in [3.63, 3.8) is 0 Å². The topological polar surface area (TPSA) is 52.9 Å². The number of hydrogen-bond acceptors (Lipinski definition) is 2. The molecule has 1 N–H and O–H groups in total. The van der Waals surface area contributed by atoms with Crippen LogP contribution in [0.1, 0.15) is 13.3 Å². The van der Waals surface area contributed by atoms with Crippen LogP contribution in [0.25, 0.3) is 0 Å². The highest BCUT2D eigenvalue weighted by molar-refractivity contribution is 6.27. The van der Waals surface area contributed by atoms with Crippen LogP contribution in [0.5, 0.6) is 0 Å². The number of hydrogen-bond donors (Lipinski definition) is 1. The minimum atomic E-state index is -0.397. The van der Waals surface area contributed by atoms with Gasteiger partial charge in [0.2, 0.25) is 5.91 Å². The van der Waals surface area contributed by atoms with Gasteiger partial charge < -0.3 is 5.32 Å². The first-order valence-electron chi connectivity index (χ1n) is 2.99. The molecule has 0 aliphatic rings. The average molecular weight is 161 g/mol. The number of halogens is 1. The van der Waals surface area contributed by atoms with Gasteiger partial charge in [-0.25, -0.2) is 0 Å². The van der Waals surface area contributed by atoms with Gasteiger partial charge in [0.25, 0.3) is 0 Å². The Labute approximate surface area is 65.0 Å². The predicted octanol–water partition coefficient (Wildman–Crippen LogP) is 0.644. The SMILES string of the molecule is CCC(C#N)NC(=O)CCl. The molecule has 10 heavy (non-hydrogen) atoms. The second-order valence-corrected chi connectivity index (χ2v) is 2.06. The van der Waals surface area contributed by atoms with E-state index in [1.165, 1.54) is 0 Å². The van der Waals surface area contributed by atoms with Gasteiger partial charge in [0.1, 0.15) is 11.9 Å². The second kappa shape index (κ2) is 5.07. The Bertz CT molecular complexity index is 152. The van der Waals surface area contributed by atoms with Gasteiger partial charge in [-0.1, -0.05) is 6.92 Å². The zero-order valence-electron chi connectivity index (χ0n) is 5.72. The molecule has 0 aliphatic heterocycles. The number of carbonyl (C=O) groups excluding carboxylic acids is 1. The highest BCUT2D eigenvalue weighted by atomic mass is 35.5. The molecule has 0 saturated carbocycles. The van der Waals surface area contributed by atoms with E-state index in [0.29, 0.717) is 6.42 Å². The van der Waals surface area contributed by atoms with Crippen LogP contribution in [0, 0.1) is 11.3 Å². The Morgan fingerprint density at radius 2 is 2.50 bits per heavy atom. The van der Waals surface area contributed by atoms with E-state index in [0.717, 1.165) is 0 Å². The predicted molar refractivity (Wildman–Crippen MR) is 38.6 cm³/mol. The summed E-state index contributed by atoms with van der Waals surface area (Å²) in [6.45, 7) is 1.82. The van der Waals surface area contributed by atoms with E-state index in [1.54, 1.807) is 0 Å². The molecule has 1 unspecified atom stereocenters. The first-order valence-corrected chi connectivity index (χ1v) is 3.53. The van der Waals surface area contributed by atoms with Crippen molar-refractivity contribution in [2.75, 3.05) is 5.88 Å². The van der Waals surface area contributed by atoms with Crippen molar-refractivity contribution in [1.29, 1.82) is 5.26 Å². The molecule has 0 spiro atoms. The summed E-state index contributed by atoms with van der Waals surface area (Å²) in [5.41, 5.74) is 0. The Morgan fingerprint density at radius 3 is 2.80 bits per heavy atom. The summed E-state index contributed by atoms with van der Waals surface area (Å²) in [5, 5.41) is 10.8. The molecule has 0 saturated heterocycles. The van der Waals surface area contributed by atoms with Gasteiger partial charge >= 0.3 is 0 Å². The van der Waals surface area contributed by atoms with Gasteiger partial charge in [0, 0.05) is 0 Å². The molecule has 1 amide bonds. The van der Waals surface area contributed by atoms with Gasteiger partial charge in [-0.15, -0.1) is 11.6 Å². The van der Waals surface area contributed by atoms with Crippen LogP contribution in [-0.2, 0) is 4.79 Å². The summed E-state index contributed by atoms with van der Waals surface area (Å²) in [6, 6.07) is 1.53. The fraction of sp³-hybridized carbons (Fsp3) is 0.667. The highest BCUT2D eigenvalue weighted by Crippen LogP contribution is 1.87. The van der Waals surface area contributed by atoms with Crippen molar-refractivity contribution < 1.29 is 4.79 Å². The van der Waals surface area contributed by atoms with Crippen LogP contribution in [0.2, 0.25) is 0 Å². The summed E-state index contributed by atoms with van der Waals surface area (Å²) in [4.78, 5) is 10.5. The fourth-order valence-corrected chi connectivity index (χ4v) is 0.536. The average Bonchev–Trinajstić information content (AvgIpc) is 1.99. The van der Waals surface area contributed by atoms with Crippen molar-refractivity contribution in [3.05, 3.63) is 0 Å². The quantitative estimate of drug-likeness (QED) is 0.617.